The van der Waals surface area contributed by atoms with Crippen LogP contribution in [0, 0.1) is 12.8 Å². The Morgan fingerprint density at radius 1 is 1.08 bits per heavy atom. The number of likely N-dealkylation sites (tertiary alicyclic amines) is 1. The van der Waals surface area contributed by atoms with Gasteiger partial charge in [-0.25, -0.2) is 0 Å². The van der Waals surface area contributed by atoms with Crippen molar-refractivity contribution in [3.05, 3.63) is 70.4 Å². The van der Waals surface area contributed by atoms with Gasteiger partial charge in [-0.15, -0.1) is 0 Å². The Hall–Kier alpha value is -2.85. The Morgan fingerprint density at radius 2 is 1.86 bits per heavy atom. The van der Waals surface area contributed by atoms with Gasteiger partial charge in [-0.05, 0) is 88.2 Å². The van der Waals surface area contributed by atoms with Gasteiger partial charge in [-0.3, -0.25) is 9.69 Å². The number of hydrogen-bond donors (Lipinski definition) is 1. The molecule has 0 unspecified atom stereocenters. The van der Waals surface area contributed by atoms with Gasteiger partial charge in [0, 0.05) is 46.9 Å². The molecule has 0 saturated carbocycles. The lowest BCUT2D eigenvalue weighted by Gasteiger charge is -2.33. The monoisotopic (exact) mass is 483 g/mol. The molecule has 1 amide bonds. The zero-order chi connectivity index (χ0) is 25.2. The fourth-order valence-electron chi connectivity index (χ4n) is 6.08. The predicted octanol–water partition coefficient (Wildman–Crippen LogP) is 7.16. The van der Waals surface area contributed by atoms with Crippen LogP contribution in [0.1, 0.15) is 74.8 Å². The second kappa shape index (κ2) is 10.6. The van der Waals surface area contributed by atoms with Gasteiger partial charge in [0.1, 0.15) is 0 Å². The van der Waals surface area contributed by atoms with Crippen LogP contribution < -0.4 is 5.32 Å². The number of nitrogens with one attached hydrogen (secondary N) is 1. The van der Waals surface area contributed by atoms with Gasteiger partial charge >= 0.3 is 0 Å². The summed E-state index contributed by atoms with van der Waals surface area (Å²) in [6.07, 6.45) is 8.47. The molecule has 4 heteroatoms. The van der Waals surface area contributed by atoms with E-state index in [1.165, 1.54) is 59.8 Å². The Morgan fingerprint density at radius 3 is 2.61 bits per heavy atom. The Bertz CT molecular complexity index is 1270. The van der Waals surface area contributed by atoms with E-state index in [4.69, 9.17) is 0 Å². The first kappa shape index (κ1) is 24.8. The molecule has 3 aromatic rings. The number of rotatable bonds is 6. The summed E-state index contributed by atoms with van der Waals surface area (Å²) in [7, 11) is 0. The minimum absolute atomic E-state index is 0.0100. The molecule has 0 bridgehead atoms. The Balaban J connectivity index is 1.27. The molecular formula is C32H41N3O. The minimum atomic E-state index is -0.0100. The van der Waals surface area contributed by atoms with Crippen molar-refractivity contribution in [1.82, 2.24) is 9.47 Å². The summed E-state index contributed by atoms with van der Waals surface area (Å²) >= 11 is 0. The van der Waals surface area contributed by atoms with E-state index in [1.807, 2.05) is 13.8 Å². The topological polar surface area (TPSA) is 37.3 Å². The van der Waals surface area contributed by atoms with Crippen molar-refractivity contribution in [2.24, 2.45) is 5.92 Å². The summed E-state index contributed by atoms with van der Waals surface area (Å²) in [6, 6.07) is 15.6. The Kier molecular flexibility index (Phi) is 7.34. The summed E-state index contributed by atoms with van der Waals surface area (Å²) in [5, 5.41) is 4.54. The van der Waals surface area contributed by atoms with E-state index in [-0.39, 0.29) is 11.8 Å². The molecule has 0 atom stereocenters. The summed E-state index contributed by atoms with van der Waals surface area (Å²) in [5.41, 5.74) is 9.42. The molecule has 1 aliphatic heterocycles. The van der Waals surface area contributed by atoms with E-state index in [0.29, 0.717) is 5.92 Å². The number of anilines is 1. The quantitative estimate of drug-likeness (QED) is 0.404. The van der Waals surface area contributed by atoms with Crippen LogP contribution in [0.2, 0.25) is 0 Å². The SMILES string of the molecule is CCn1c2c(c3ccccc31)C=C(CN1CCC(c3ccc(C)c(NC(=O)C(C)C)c3)CC1)CCC2. The van der Waals surface area contributed by atoms with Crippen LogP contribution in [0.4, 0.5) is 5.69 Å². The number of carbonyl (C=O) groups excluding carboxylic acids is 1. The van der Waals surface area contributed by atoms with Crippen molar-refractivity contribution in [1.29, 1.82) is 0 Å². The summed E-state index contributed by atoms with van der Waals surface area (Å²) in [5.74, 6) is 0.643. The molecule has 1 N–H and O–H groups in total. The molecule has 2 heterocycles. The predicted molar refractivity (Wildman–Crippen MR) is 152 cm³/mol. The van der Waals surface area contributed by atoms with Gasteiger partial charge in [0.15, 0.2) is 0 Å². The third-order valence-corrected chi connectivity index (χ3v) is 8.23. The second-order valence-electron chi connectivity index (χ2n) is 11.0. The van der Waals surface area contributed by atoms with Gasteiger partial charge in [-0.2, -0.15) is 0 Å². The molecule has 190 valence electrons. The first-order chi connectivity index (χ1) is 17.4. The number of nitrogens with zero attached hydrogens (tertiary/aromatic N) is 2. The number of aromatic nitrogens is 1. The second-order valence-corrected chi connectivity index (χ2v) is 11.0. The molecule has 1 fully saturated rings. The number of amides is 1. The van der Waals surface area contributed by atoms with Gasteiger partial charge in [0.25, 0.3) is 0 Å². The maximum absolute atomic E-state index is 12.3. The molecule has 1 saturated heterocycles. The molecule has 2 aliphatic rings. The largest absolute Gasteiger partial charge is 0.344 e. The summed E-state index contributed by atoms with van der Waals surface area (Å²) in [4.78, 5) is 14.9. The lowest BCUT2D eigenvalue weighted by Crippen LogP contribution is -2.34. The van der Waals surface area contributed by atoms with Crippen LogP contribution in [-0.4, -0.2) is 35.0 Å². The number of piperidine rings is 1. The van der Waals surface area contributed by atoms with E-state index in [0.717, 1.165) is 37.4 Å². The van der Waals surface area contributed by atoms with E-state index in [9.17, 15) is 4.79 Å². The average molecular weight is 484 g/mol. The fourth-order valence-corrected chi connectivity index (χ4v) is 6.08. The summed E-state index contributed by atoms with van der Waals surface area (Å²) < 4.78 is 2.52. The lowest BCUT2D eigenvalue weighted by molar-refractivity contribution is -0.118. The molecule has 2 aromatic carbocycles. The summed E-state index contributed by atoms with van der Waals surface area (Å²) in [6.45, 7) is 12.6. The normalized spacial score (nSPS) is 17.2. The molecule has 1 aromatic heterocycles. The number of carbonyl (C=O) groups is 1. The van der Waals surface area contributed by atoms with Crippen LogP contribution >= 0.6 is 0 Å². The van der Waals surface area contributed by atoms with Crippen LogP contribution in [0.25, 0.3) is 17.0 Å². The number of fused-ring (bicyclic) bond motifs is 3. The molecule has 0 spiro atoms. The number of benzene rings is 2. The molecular weight excluding hydrogens is 442 g/mol. The highest BCUT2D eigenvalue weighted by Gasteiger charge is 2.24. The van der Waals surface area contributed by atoms with E-state index < -0.39 is 0 Å². The van der Waals surface area contributed by atoms with Crippen LogP contribution in [0.5, 0.6) is 0 Å². The van der Waals surface area contributed by atoms with Crippen LogP contribution in [-0.2, 0) is 17.8 Å². The van der Waals surface area contributed by atoms with Crippen molar-refractivity contribution in [3.63, 3.8) is 0 Å². The third kappa shape index (κ3) is 5.01. The maximum atomic E-state index is 12.3. The van der Waals surface area contributed by atoms with Gasteiger partial charge in [0.2, 0.25) is 5.91 Å². The highest BCUT2D eigenvalue weighted by atomic mass is 16.1. The number of para-hydroxylation sites is 1. The van der Waals surface area contributed by atoms with E-state index in [1.54, 1.807) is 5.57 Å². The van der Waals surface area contributed by atoms with Crippen molar-refractivity contribution in [3.8, 4) is 0 Å². The van der Waals surface area contributed by atoms with E-state index in [2.05, 4.69) is 77.2 Å². The minimum Gasteiger partial charge on any atom is -0.344 e. The smallest absolute Gasteiger partial charge is 0.226 e. The van der Waals surface area contributed by atoms with Crippen molar-refractivity contribution >= 4 is 28.6 Å². The van der Waals surface area contributed by atoms with Crippen molar-refractivity contribution < 1.29 is 4.79 Å². The standard InChI is InChI=1S/C32H41N3O/c1-5-35-30-11-7-6-10-27(30)28-19-24(9-8-12-31(28)35)21-34-17-15-25(16-18-34)26-14-13-23(4)29(20-26)33-32(36)22(2)3/h6-7,10-11,13-14,19-20,22,25H,5,8-9,12,15-18,21H2,1-4H3,(H,33,36). The molecule has 1 aliphatic carbocycles. The van der Waals surface area contributed by atoms with Gasteiger partial charge in [-0.1, -0.05) is 55.8 Å². The van der Waals surface area contributed by atoms with E-state index >= 15 is 0 Å². The molecule has 4 nitrogen and oxygen atoms in total. The number of hydrogen-bond acceptors (Lipinski definition) is 2. The van der Waals surface area contributed by atoms with Gasteiger partial charge in [0.05, 0.1) is 0 Å². The average Bonchev–Trinajstić information content (AvgIpc) is 3.02. The lowest BCUT2D eigenvalue weighted by atomic mass is 9.88. The highest BCUT2D eigenvalue weighted by molar-refractivity contribution is 5.93. The van der Waals surface area contributed by atoms with Crippen molar-refractivity contribution in [2.45, 2.75) is 72.3 Å². The maximum Gasteiger partial charge on any atom is 0.226 e. The third-order valence-electron chi connectivity index (χ3n) is 8.23. The van der Waals surface area contributed by atoms with Gasteiger partial charge < -0.3 is 9.88 Å². The van der Waals surface area contributed by atoms with Crippen LogP contribution in [0.15, 0.2) is 48.0 Å². The molecule has 5 rings (SSSR count). The molecule has 36 heavy (non-hydrogen) atoms. The molecule has 0 radical (unpaired) electrons. The number of aryl methyl sites for hydroxylation is 2. The first-order valence-electron chi connectivity index (χ1n) is 13.9. The first-order valence-corrected chi connectivity index (χ1v) is 13.9. The highest BCUT2D eigenvalue weighted by Crippen LogP contribution is 2.35. The zero-order valence-corrected chi connectivity index (χ0v) is 22.4. The fraction of sp³-hybridized carbons (Fsp3) is 0.469. The van der Waals surface area contributed by atoms with Crippen LogP contribution in [0.3, 0.4) is 0 Å². The van der Waals surface area contributed by atoms with Crippen molar-refractivity contribution in [2.75, 3.05) is 25.0 Å². The Labute approximate surface area is 216 Å². The zero-order valence-electron chi connectivity index (χ0n) is 22.4.